The largest absolute Gasteiger partial charge is 0.497 e. The summed E-state index contributed by atoms with van der Waals surface area (Å²) in [5, 5.41) is 11.7. The van der Waals surface area contributed by atoms with Gasteiger partial charge in [-0.1, -0.05) is 19.1 Å². The van der Waals surface area contributed by atoms with Crippen LogP contribution in [0.15, 0.2) is 24.3 Å². The number of carbonyl (C=O) groups is 2. The Morgan fingerprint density at radius 3 is 2.37 bits per heavy atom. The molecule has 0 unspecified atom stereocenters. The van der Waals surface area contributed by atoms with Gasteiger partial charge in [0.15, 0.2) is 0 Å². The van der Waals surface area contributed by atoms with Crippen LogP contribution in [0.3, 0.4) is 0 Å². The van der Waals surface area contributed by atoms with Crippen LogP contribution in [0.5, 0.6) is 5.75 Å². The van der Waals surface area contributed by atoms with Gasteiger partial charge in [0, 0.05) is 6.04 Å². The van der Waals surface area contributed by atoms with E-state index in [9.17, 15) is 27.9 Å². The summed E-state index contributed by atoms with van der Waals surface area (Å²) in [6, 6.07) is 6.05. The fraction of sp³-hybridized carbons (Fsp3) is 0.556. The zero-order valence-corrected chi connectivity index (χ0v) is 15.3. The summed E-state index contributed by atoms with van der Waals surface area (Å²) >= 11 is 0. The van der Waals surface area contributed by atoms with Crippen molar-refractivity contribution in [3.8, 4) is 5.75 Å². The van der Waals surface area contributed by atoms with Crippen LogP contribution in [-0.4, -0.2) is 54.3 Å². The number of nitrogens with zero attached hydrogens (tertiary/aromatic N) is 1. The third kappa shape index (κ3) is 4.18. The van der Waals surface area contributed by atoms with Crippen LogP contribution in [0.1, 0.15) is 31.4 Å². The lowest BCUT2D eigenvalue weighted by atomic mass is 9.87. The van der Waals surface area contributed by atoms with Gasteiger partial charge in [0.25, 0.3) is 0 Å². The maximum Gasteiger partial charge on any atom is 0.405 e. The number of hydrogen-bond acceptors (Lipinski definition) is 4. The first kappa shape index (κ1) is 21.0. The van der Waals surface area contributed by atoms with Crippen molar-refractivity contribution < 1.29 is 32.6 Å². The Bertz CT molecular complexity index is 693. The number of carbonyl (C=O) groups excluding carboxylic acids is 1. The highest BCUT2D eigenvalue weighted by Gasteiger charge is 2.56. The van der Waals surface area contributed by atoms with Crippen molar-refractivity contribution in [2.75, 3.05) is 20.7 Å². The van der Waals surface area contributed by atoms with E-state index in [1.807, 2.05) is 5.32 Å². The van der Waals surface area contributed by atoms with E-state index in [-0.39, 0.29) is 12.8 Å². The number of amides is 1. The first-order valence-corrected chi connectivity index (χ1v) is 8.50. The van der Waals surface area contributed by atoms with Crippen molar-refractivity contribution in [3.05, 3.63) is 29.8 Å². The minimum atomic E-state index is -4.54. The van der Waals surface area contributed by atoms with E-state index >= 15 is 0 Å². The van der Waals surface area contributed by atoms with E-state index < -0.39 is 42.1 Å². The molecule has 9 heteroatoms. The van der Waals surface area contributed by atoms with Crippen LogP contribution in [0.4, 0.5) is 13.2 Å². The monoisotopic (exact) mass is 388 g/mol. The molecule has 2 N–H and O–H groups in total. The van der Waals surface area contributed by atoms with E-state index in [0.29, 0.717) is 11.3 Å². The summed E-state index contributed by atoms with van der Waals surface area (Å²) in [4.78, 5) is 26.0. The molecule has 0 aliphatic carbocycles. The van der Waals surface area contributed by atoms with Gasteiger partial charge in [0.2, 0.25) is 5.91 Å². The molecule has 1 aliphatic heterocycles. The molecule has 1 fully saturated rings. The first-order valence-electron chi connectivity index (χ1n) is 8.50. The number of carboxylic acid groups (broad SMARTS) is 1. The van der Waals surface area contributed by atoms with Crippen LogP contribution < -0.4 is 10.1 Å². The molecule has 1 saturated heterocycles. The minimum Gasteiger partial charge on any atom is -0.497 e. The fourth-order valence-electron chi connectivity index (χ4n) is 3.75. The molecule has 1 aromatic carbocycles. The van der Waals surface area contributed by atoms with Crippen LogP contribution in [-0.2, 0) is 9.59 Å². The third-order valence-electron chi connectivity index (χ3n) is 5.27. The highest BCUT2D eigenvalue weighted by atomic mass is 19.4. The summed E-state index contributed by atoms with van der Waals surface area (Å²) in [5.41, 5.74) is -0.688. The average Bonchev–Trinajstić information content (AvgIpc) is 2.93. The Hall–Kier alpha value is -2.29. The number of ether oxygens (including phenoxy) is 1. The predicted octanol–water partition coefficient (Wildman–Crippen LogP) is 2.60. The molecule has 0 spiro atoms. The molecule has 6 nitrogen and oxygen atoms in total. The molecule has 2 rings (SSSR count). The lowest BCUT2D eigenvalue weighted by Gasteiger charge is -2.34. The van der Waals surface area contributed by atoms with Gasteiger partial charge in [0.1, 0.15) is 17.8 Å². The van der Waals surface area contributed by atoms with E-state index in [1.165, 1.54) is 7.11 Å². The molecule has 0 bridgehead atoms. The predicted molar refractivity (Wildman–Crippen MR) is 91.3 cm³/mol. The molecular formula is C18H23F3N2O4. The number of carboxylic acids is 1. The van der Waals surface area contributed by atoms with Crippen molar-refractivity contribution in [3.63, 3.8) is 0 Å². The summed E-state index contributed by atoms with van der Waals surface area (Å²) < 4.78 is 42.6. The zero-order chi connectivity index (χ0) is 20.4. The Labute approximate surface area is 155 Å². The van der Waals surface area contributed by atoms with Gasteiger partial charge in [0.05, 0.1) is 13.0 Å². The van der Waals surface area contributed by atoms with Gasteiger partial charge < -0.3 is 15.2 Å². The number of benzene rings is 1. The number of hydrogen-bond donors (Lipinski definition) is 2. The number of nitrogens with one attached hydrogen (secondary N) is 1. The molecular weight excluding hydrogens is 365 g/mol. The van der Waals surface area contributed by atoms with Crippen molar-refractivity contribution in [1.29, 1.82) is 0 Å². The van der Waals surface area contributed by atoms with Crippen LogP contribution >= 0.6 is 0 Å². The van der Waals surface area contributed by atoms with Crippen LogP contribution in [0, 0.1) is 5.92 Å². The SMILES string of the molecule is CC[C@]1(C(=O)O)C[C@@H](C(=O)NCC(F)(F)F)[C@@H](c2ccc(OC)cc2)N1C. The fourth-order valence-corrected chi connectivity index (χ4v) is 3.75. The Morgan fingerprint density at radius 2 is 1.93 bits per heavy atom. The molecule has 150 valence electrons. The molecule has 1 amide bonds. The van der Waals surface area contributed by atoms with Crippen LogP contribution in [0.2, 0.25) is 0 Å². The van der Waals surface area contributed by atoms with E-state index in [1.54, 1.807) is 43.1 Å². The number of rotatable bonds is 6. The molecule has 1 heterocycles. The highest BCUT2D eigenvalue weighted by molar-refractivity contribution is 5.85. The number of aliphatic carboxylic acids is 1. The van der Waals surface area contributed by atoms with Crippen molar-refractivity contribution >= 4 is 11.9 Å². The zero-order valence-electron chi connectivity index (χ0n) is 15.3. The smallest absolute Gasteiger partial charge is 0.405 e. The normalized spacial score (nSPS) is 26.0. The van der Waals surface area contributed by atoms with Gasteiger partial charge in [-0.05, 0) is 37.6 Å². The molecule has 0 aromatic heterocycles. The second-order valence-electron chi connectivity index (χ2n) is 6.66. The maximum absolute atomic E-state index is 12.5. The molecule has 0 saturated carbocycles. The van der Waals surface area contributed by atoms with Crippen molar-refractivity contribution in [2.24, 2.45) is 5.92 Å². The van der Waals surface area contributed by atoms with Gasteiger partial charge in [-0.15, -0.1) is 0 Å². The van der Waals surface area contributed by atoms with Gasteiger partial charge >= 0.3 is 12.1 Å². The average molecular weight is 388 g/mol. The topological polar surface area (TPSA) is 78.9 Å². The van der Waals surface area contributed by atoms with Crippen molar-refractivity contribution in [2.45, 2.75) is 37.5 Å². The van der Waals surface area contributed by atoms with Crippen molar-refractivity contribution in [1.82, 2.24) is 10.2 Å². The molecule has 1 aliphatic rings. The molecule has 27 heavy (non-hydrogen) atoms. The van der Waals surface area contributed by atoms with E-state index in [2.05, 4.69) is 0 Å². The Morgan fingerprint density at radius 1 is 1.33 bits per heavy atom. The lowest BCUT2D eigenvalue weighted by Crippen LogP contribution is -2.48. The Balaban J connectivity index is 2.40. The Kier molecular flexibility index (Phi) is 6.04. The van der Waals surface area contributed by atoms with Gasteiger partial charge in [-0.2, -0.15) is 13.2 Å². The van der Waals surface area contributed by atoms with E-state index in [4.69, 9.17) is 4.74 Å². The number of likely N-dealkylation sites (tertiary alicyclic amines) is 1. The lowest BCUT2D eigenvalue weighted by molar-refractivity contribution is -0.150. The number of likely N-dealkylation sites (N-methyl/N-ethyl adjacent to an activating group) is 1. The summed E-state index contributed by atoms with van der Waals surface area (Å²) in [6.45, 7) is 0.235. The second-order valence-corrected chi connectivity index (χ2v) is 6.66. The van der Waals surface area contributed by atoms with Gasteiger partial charge in [-0.3, -0.25) is 14.5 Å². The first-order chi connectivity index (χ1) is 12.6. The number of halogens is 3. The molecule has 3 atom stereocenters. The summed E-state index contributed by atoms with van der Waals surface area (Å²) in [6.07, 6.45) is -4.39. The van der Waals surface area contributed by atoms with Gasteiger partial charge in [-0.25, -0.2) is 0 Å². The minimum absolute atomic E-state index is 0.0737. The molecule has 1 aromatic rings. The highest BCUT2D eigenvalue weighted by Crippen LogP contribution is 2.47. The standard InChI is InChI=1S/C18H23F3N2O4/c1-4-17(16(25)26)9-13(15(24)22-10-18(19,20)21)14(23(17)2)11-5-7-12(27-3)8-6-11/h5-8,13-14H,4,9-10H2,1-3H3,(H,22,24)(H,25,26)/t13-,14-,17-/m1/s1. The summed E-state index contributed by atoms with van der Waals surface area (Å²) in [7, 11) is 3.08. The van der Waals surface area contributed by atoms with Crippen LogP contribution in [0.25, 0.3) is 0 Å². The third-order valence-corrected chi connectivity index (χ3v) is 5.27. The molecule has 0 radical (unpaired) electrons. The second kappa shape index (κ2) is 7.75. The summed E-state index contributed by atoms with van der Waals surface area (Å²) in [5.74, 6) is -2.26. The quantitative estimate of drug-likeness (QED) is 0.783. The number of methoxy groups -OCH3 is 1. The van der Waals surface area contributed by atoms with E-state index in [0.717, 1.165) is 0 Å². The number of alkyl halides is 3. The maximum atomic E-state index is 12.5.